The minimum absolute atomic E-state index is 0.0361. The molecule has 3 heterocycles. The Morgan fingerprint density at radius 3 is 2.63 bits per heavy atom. The van der Waals surface area contributed by atoms with Crippen molar-refractivity contribution in [1.29, 1.82) is 0 Å². The smallest absolute Gasteiger partial charge is 0.409 e. The molecule has 8 nitrogen and oxygen atoms in total. The van der Waals surface area contributed by atoms with Crippen LogP contribution in [0.4, 0.5) is 4.79 Å². The predicted molar refractivity (Wildman–Crippen MR) is 116 cm³/mol. The zero-order chi connectivity index (χ0) is 21.3. The van der Waals surface area contributed by atoms with Gasteiger partial charge in [0.2, 0.25) is 10.0 Å². The summed E-state index contributed by atoms with van der Waals surface area (Å²) in [5, 5.41) is 0.638. The van der Waals surface area contributed by atoms with Crippen LogP contribution in [0.2, 0.25) is 0 Å². The lowest BCUT2D eigenvalue weighted by Crippen LogP contribution is -2.41. The summed E-state index contributed by atoms with van der Waals surface area (Å²) in [6.07, 6.45) is 5.17. The number of likely N-dealkylation sites (tertiary alicyclic amines) is 1. The van der Waals surface area contributed by atoms with E-state index in [1.807, 2.05) is 18.2 Å². The lowest BCUT2D eigenvalue weighted by atomic mass is 10.0. The number of fused-ring (bicyclic) bond motifs is 1. The van der Waals surface area contributed by atoms with Crippen molar-refractivity contribution in [3.05, 3.63) is 29.8 Å². The predicted octanol–water partition coefficient (Wildman–Crippen LogP) is 2.95. The van der Waals surface area contributed by atoms with E-state index in [2.05, 4.69) is 11.1 Å². The first-order chi connectivity index (χ1) is 14.3. The summed E-state index contributed by atoms with van der Waals surface area (Å²) in [6.45, 7) is 2.15. The second kappa shape index (κ2) is 8.52. The van der Waals surface area contributed by atoms with Crippen LogP contribution in [-0.4, -0.2) is 74.3 Å². The summed E-state index contributed by atoms with van der Waals surface area (Å²) in [6, 6.07) is 6.11. The van der Waals surface area contributed by atoms with Gasteiger partial charge in [-0.2, -0.15) is 4.31 Å². The van der Waals surface area contributed by atoms with Crippen molar-refractivity contribution in [2.24, 2.45) is 0 Å². The topological polar surface area (TPSA) is 89.0 Å². The lowest BCUT2D eigenvalue weighted by Gasteiger charge is -2.30. The number of ether oxygens (including phenoxy) is 2. The van der Waals surface area contributed by atoms with Gasteiger partial charge in [-0.1, -0.05) is 23.5 Å². The van der Waals surface area contributed by atoms with Gasteiger partial charge in [0.15, 0.2) is 0 Å². The van der Waals surface area contributed by atoms with E-state index >= 15 is 0 Å². The number of rotatable bonds is 4. The molecule has 2 aliphatic rings. The number of hydrogen-bond donors (Lipinski definition) is 0. The molecule has 0 spiro atoms. The van der Waals surface area contributed by atoms with E-state index in [0.717, 1.165) is 34.2 Å². The highest BCUT2D eigenvalue weighted by molar-refractivity contribution is 7.88. The van der Waals surface area contributed by atoms with Crippen molar-refractivity contribution in [1.82, 2.24) is 14.2 Å². The number of thiazole rings is 1. The average Bonchev–Trinajstić information content (AvgIpc) is 3.14. The summed E-state index contributed by atoms with van der Waals surface area (Å²) in [5.41, 5.74) is 3.14. The summed E-state index contributed by atoms with van der Waals surface area (Å²) in [7, 11) is -1.76. The molecule has 0 saturated carbocycles. The summed E-state index contributed by atoms with van der Waals surface area (Å²) in [5.74, 6) is 0. The van der Waals surface area contributed by atoms with Crippen LogP contribution < -0.4 is 4.74 Å². The van der Waals surface area contributed by atoms with Crippen LogP contribution in [0.5, 0.6) is 5.19 Å². The molecule has 1 fully saturated rings. The quantitative estimate of drug-likeness (QED) is 0.710. The largest absolute Gasteiger partial charge is 0.467 e. The van der Waals surface area contributed by atoms with Crippen LogP contribution in [0.3, 0.4) is 0 Å². The molecule has 4 rings (SSSR count). The first kappa shape index (κ1) is 21.1. The number of amides is 1. The number of hydrogen-bond acceptors (Lipinski definition) is 7. The second-order valence-electron chi connectivity index (χ2n) is 7.54. The van der Waals surface area contributed by atoms with Gasteiger partial charge in [0.25, 0.3) is 5.19 Å². The molecular formula is C20H25N3O5S2. The molecule has 0 atom stereocenters. The molecule has 1 aromatic carbocycles. The number of sulfonamides is 1. The van der Waals surface area contributed by atoms with Gasteiger partial charge >= 0.3 is 6.09 Å². The molecule has 30 heavy (non-hydrogen) atoms. The molecule has 0 N–H and O–H groups in total. The fraction of sp³-hybridized carbons (Fsp3) is 0.500. The van der Waals surface area contributed by atoms with Gasteiger partial charge in [-0.3, -0.25) is 0 Å². The molecule has 1 amide bonds. The molecule has 0 bridgehead atoms. The van der Waals surface area contributed by atoms with Gasteiger partial charge in [0, 0.05) is 39.0 Å². The Balaban J connectivity index is 1.42. The fourth-order valence-corrected chi connectivity index (χ4v) is 5.48. The van der Waals surface area contributed by atoms with E-state index in [0.29, 0.717) is 37.8 Å². The van der Waals surface area contributed by atoms with E-state index < -0.39 is 10.0 Å². The lowest BCUT2D eigenvalue weighted by molar-refractivity contribution is 0.0791. The van der Waals surface area contributed by atoms with E-state index in [4.69, 9.17) is 9.47 Å². The van der Waals surface area contributed by atoms with Gasteiger partial charge in [-0.25, -0.2) is 18.2 Å². The Bertz CT molecular complexity index is 1070. The Morgan fingerprint density at radius 1 is 1.23 bits per heavy atom. The van der Waals surface area contributed by atoms with E-state index in [1.165, 1.54) is 29.0 Å². The Morgan fingerprint density at radius 2 is 2.00 bits per heavy atom. The SMILES string of the molecule is COC(=O)N1CCC(Oc2nc3ccc(C4=CCN(S(C)(=O)=O)CC4)cc3s2)CC1. The fourth-order valence-electron chi connectivity index (χ4n) is 3.80. The Labute approximate surface area is 180 Å². The number of carbonyl (C=O) groups excluding carboxylic acids is 1. The van der Waals surface area contributed by atoms with E-state index in [9.17, 15) is 13.2 Å². The number of carbonyl (C=O) groups is 1. The highest BCUT2D eigenvalue weighted by Gasteiger charge is 2.25. The number of methoxy groups -OCH3 is 1. The zero-order valence-electron chi connectivity index (χ0n) is 17.0. The maximum atomic E-state index is 11.7. The standard InChI is InChI=1S/C20H25N3O5S2/c1-27-20(24)22-9-7-16(8-10-22)28-19-21-17-4-3-15(13-18(17)29-19)14-5-11-23(12-6-14)30(2,25)26/h3-5,13,16H,6-12H2,1-2H3. The molecule has 1 saturated heterocycles. The second-order valence-corrected chi connectivity index (χ2v) is 10.5. The van der Waals surface area contributed by atoms with Crippen LogP contribution in [0.15, 0.2) is 24.3 Å². The normalized spacial score (nSPS) is 19.0. The van der Waals surface area contributed by atoms with Gasteiger partial charge in [0.1, 0.15) is 6.10 Å². The van der Waals surface area contributed by atoms with Crippen LogP contribution >= 0.6 is 11.3 Å². The summed E-state index contributed by atoms with van der Waals surface area (Å²) < 4.78 is 36.7. The van der Waals surface area contributed by atoms with Crippen molar-refractivity contribution in [2.45, 2.75) is 25.4 Å². The zero-order valence-corrected chi connectivity index (χ0v) is 18.7. The van der Waals surface area contributed by atoms with Crippen molar-refractivity contribution in [3.63, 3.8) is 0 Å². The summed E-state index contributed by atoms with van der Waals surface area (Å²) >= 11 is 1.51. The van der Waals surface area contributed by atoms with Crippen molar-refractivity contribution >= 4 is 43.2 Å². The van der Waals surface area contributed by atoms with Gasteiger partial charge in [-0.05, 0) is 29.7 Å². The van der Waals surface area contributed by atoms with E-state index in [1.54, 1.807) is 4.90 Å². The molecule has 1 aromatic heterocycles. The maximum absolute atomic E-state index is 11.7. The monoisotopic (exact) mass is 451 g/mol. The van der Waals surface area contributed by atoms with Crippen LogP contribution in [0.1, 0.15) is 24.8 Å². The van der Waals surface area contributed by atoms with Gasteiger partial charge < -0.3 is 14.4 Å². The maximum Gasteiger partial charge on any atom is 0.409 e. The first-order valence-corrected chi connectivity index (χ1v) is 12.5. The van der Waals surface area contributed by atoms with Crippen molar-refractivity contribution in [3.8, 4) is 5.19 Å². The summed E-state index contributed by atoms with van der Waals surface area (Å²) in [4.78, 5) is 17.9. The third kappa shape index (κ3) is 4.60. The first-order valence-electron chi connectivity index (χ1n) is 9.88. The molecule has 0 radical (unpaired) electrons. The third-order valence-electron chi connectivity index (χ3n) is 5.52. The number of aromatic nitrogens is 1. The van der Waals surface area contributed by atoms with Crippen LogP contribution in [-0.2, 0) is 14.8 Å². The Hall–Kier alpha value is -2.17. The van der Waals surface area contributed by atoms with Gasteiger partial charge in [-0.15, -0.1) is 0 Å². The number of benzene rings is 1. The van der Waals surface area contributed by atoms with Crippen molar-refractivity contribution in [2.75, 3.05) is 39.5 Å². The molecule has 2 aromatic rings. The molecule has 10 heteroatoms. The Kier molecular flexibility index (Phi) is 5.99. The van der Waals surface area contributed by atoms with E-state index in [-0.39, 0.29) is 12.2 Å². The molecule has 2 aliphatic heterocycles. The number of piperidine rings is 1. The molecule has 0 unspecified atom stereocenters. The number of nitrogens with zero attached hydrogens (tertiary/aromatic N) is 3. The van der Waals surface area contributed by atoms with Crippen LogP contribution in [0, 0.1) is 0 Å². The highest BCUT2D eigenvalue weighted by atomic mass is 32.2. The third-order valence-corrected chi connectivity index (χ3v) is 7.70. The minimum Gasteiger partial charge on any atom is -0.467 e. The van der Waals surface area contributed by atoms with Crippen LogP contribution in [0.25, 0.3) is 15.8 Å². The molecular weight excluding hydrogens is 426 g/mol. The highest BCUT2D eigenvalue weighted by Crippen LogP contribution is 2.33. The molecule has 0 aliphatic carbocycles. The van der Waals surface area contributed by atoms with Crippen molar-refractivity contribution < 1.29 is 22.7 Å². The average molecular weight is 452 g/mol. The van der Waals surface area contributed by atoms with Gasteiger partial charge in [0.05, 0.1) is 23.6 Å². The minimum atomic E-state index is -3.15. The molecule has 162 valence electrons.